The molecule has 0 unspecified atom stereocenters. The van der Waals surface area contributed by atoms with Crippen LogP contribution in [0.2, 0.25) is 5.02 Å². The molecule has 1 aromatic carbocycles. The Hall–Kier alpha value is -2.06. The average molecular weight is 369 g/mol. The predicted molar refractivity (Wildman–Crippen MR) is 91.8 cm³/mol. The quantitative estimate of drug-likeness (QED) is 0.726. The Labute approximate surface area is 148 Å². The molecule has 0 radical (unpaired) electrons. The molecule has 0 aliphatic carbocycles. The number of nitrogens with zero attached hydrogens (tertiary/aromatic N) is 2. The Kier molecular flexibility index (Phi) is 6.62. The molecule has 2 amide bonds. The minimum Gasteiger partial charge on any atom is -0.411 e. The van der Waals surface area contributed by atoms with E-state index in [0.29, 0.717) is 23.0 Å². The maximum atomic E-state index is 11.8. The van der Waals surface area contributed by atoms with Gasteiger partial charge in [-0.2, -0.15) is 0 Å². The SMILES string of the molecule is CCNC(=O)[C@@H](C)NC(=O)CSc1nnc(-c2cccc(Cl)c2)o1. The third-order valence-electron chi connectivity index (χ3n) is 2.93. The summed E-state index contributed by atoms with van der Waals surface area (Å²) in [5.41, 5.74) is 0.705. The molecule has 2 N–H and O–H groups in total. The van der Waals surface area contributed by atoms with Crippen molar-refractivity contribution in [2.24, 2.45) is 0 Å². The minimum atomic E-state index is -0.595. The van der Waals surface area contributed by atoms with E-state index in [2.05, 4.69) is 20.8 Å². The van der Waals surface area contributed by atoms with Crippen molar-refractivity contribution in [1.82, 2.24) is 20.8 Å². The third-order valence-corrected chi connectivity index (χ3v) is 3.98. The lowest BCUT2D eigenvalue weighted by atomic mass is 10.2. The number of nitrogens with one attached hydrogen (secondary N) is 2. The molecule has 1 aromatic heterocycles. The Morgan fingerprint density at radius 1 is 1.38 bits per heavy atom. The van der Waals surface area contributed by atoms with Gasteiger partial charge in [-0.1, -0.05) is 29.4 Å². The van der Waals surface area contributed by atoms with E-state index < -0.39 is 6.04 Å². The van der Waals surface area contributed by atoms with Gasteiger partial charge in [0, 0.05) is 17.1 Å². The maximum Gasteiger partial charge on any atom is 0.277 e. The molecular formula is C15H17ClN4O3S. The first-order chi connectivity index (χ1) is 11.5. The molecule has 0 fully saturated rings. The second kappa shape index (κ2) is 8.70. The van der Waals surface area contributed by atoms with Crippen LogP contribution in [-0.4, -0.2) is 40.4 Å². The molecule has 0 saturated carbocycles. The molecule has 1 heterocycles. The number of carbonyl (C=O) groups excluding carboxylic acids is 2. The van der Waals surface area contributed by atoms with Gasteiger partial charge in [-0.3, -0.25) is 9.59 Å². The summed E-state index contributed by atoms with van der Waals surface area (Å²) < 4.78 is 5.49. The second-order valence-electron chi connectivity index (χ2n) is 4.86. The molecule has 0 spiro atoms. The molecule has 1 atom stereocenters. The standard InChI is InChI=1S/C15H17ClN4O3S/c1-3-17-13(22)9(2)18-12(21)8-24-15-20-19-14(23-15)10-5-4-6-11(16)7-10/h4-7,9H,3,8H2,1-2H3,(H,17,22)(H,18,21)/t9-/m1/s1. The van der Waals surface area contributed by atoms with Gasteiger partial charge in [0.25, 0.3) is 5.22 Å². The first-order valence-corrected chi connectivity index (χ1v) is 8.65. The monoisotopic (exact) mass is 368 g/mol. The van der Waals surface area contributed by atoms with Crippen LogP contribution in [0.4, 0.5) is 0 Å². The van der Waals surface area contributed by atoms with Gasteiger partial charge < -0.3 is 15.1 Å². The number of hydrogen-bond acceptors (Lipinski definition) is 6. The van der Waals surface area contributed by atoms with Gasteiger partial charge in [0.2, 0.25) is 17.7 Å². The average Bonchev–Trinajstić information content (AvgIpc) is 3.02. The number of halogens is 1. The van der Waals surface area contributed by atoms with Crippen LogP contribution in [0.5, 0.6) is 0 Å². The van der Waals surface area contributed by atoms with Crippen molar-refractivity contribution < 1.29 is 14.0 Å². The van der Waals surface area contributed by atoms with E-state index in [0.717, 1.165) is 11.8 Å². The molecule has 128 valence electrons. The number of hydrogen-bond donors (Lipinski definition) is 2. The van der Waals surface area contributed by atoms with Crippen LogP contribution in [0.15, 0.2) is 33.9 Å². The first-order valence-electron chi connectivity index (χ1n) is 7.29. The highest BCUT2D eigenvalue weighted by Crippen LogP contribution is 2.24. The summed E-state index contributed by atoms with van der Waals surface area (Å²) in [6.45, 7) is 3.95. The van der Waals surface area contributed by atoms with Crippen LogP contribution in [-0.2, 0) is 9.59 Å². The van der Waals surface area contributed by atoms with Crippen molar-refractivity contribution in [3.05, 3.63) is 29.3 Å². The Morgan fingerprint density at radius 2 is 2.17 bits per heavy atom. The van der Waals surface area contributed by atoms with Crippen molar-refractivity contribution in [2.45, 2.75) is 25.1 Å². The molecule has 7 nitrogen and oxygen atoms in total. The normalized spacial score (nSPS) is 11.8. The molecule has 0 aliphatic rings. The summed E-state index contributed by atoms with van der Waals surface area (Å²) in [5, 5.41) is 13.9. The molecule has 0 aliphatic heterocycles. The van der Waals surface area contributed by atoms with Gasteiger partial charge in [-0.05, 0) is 32.0 Å². The third kappa shape index (κ3) is 5.24. The van der Waals surface area contributed by atoms with E-state index in [-0.39, 0.29) is 22.8 Å². The van der Waals surface area contributed by atoms with Gasteiger partial charge in [0.15, 0.2) is 0 Å². The summed E-state index contributed by atoms with van der Waals surface area (Å²) >= 11 is 7.02. The lowest BCUT2D eigenvalue weighted by Crippen LogP contribution is -2.45. The van der Waals surface area contributed by atoms with E-state index >= 15 is 0 Å². The molecule has 0 saturated heterocycles. The molecule has 2 aromatic rings. The summed E-state index contributed by atoms with van der Waals surface area (Å²) in [6, 6.07) is 6.45. The van der Waals surface area contributed by atoms with E-state index in [1.165, 1.54) is 0 Å². The van der Waals surface area contributed by atoms with Crippen molar-refractivity contribution in [2.75, 3.05) is 12.3 Å². The van der Waals surface area contributed by atoms with Gasteiger partial charge in [0.05, 0.1) is 5.75 Å². The van der Waals surface area contributed by atoms with Crippen LogP contribution >= 0.6 is 23.4 Å². The Balaban J connectivity index is 1.87. The number of likely N-dealkylation sites (N-methyl/N-ethyl adjacent to an activating group) is 1. The number of thioether (sulfide) groups is 1. The largest absolute Gasteiger partial charge is 0.411 e. The van der Waals surface area contributed by atoms with E-state index in [9.17, 15) is 9.59 Å². The molecule has 9 heteroatoms. The van der Waals surface area contributed by atoms with Gasteiger partial charge in [-0.15, -0.1) is 10.2 Å². The number of carbonyl (C=O) groups is 2. The van der Waals surface area contributed by atoms with Crippen molar-refractivity contribution >= 4 is 35.2 Å². The molecule has 24 heavy (non-hydrogen) atoms. The summed E-state index contributed by atoms with van der Waals surface area (Å²) in [4.78, 5) is 23.4. The van der Waals surface area contributed by atoms with E-state index in [4.69, 9.17) is 16.0 Å². The van der Waals surface area contributed by atoms with E-state index in [1.807, 2.05) is 6.92 Å². The Bertz CT molecular complexity index is 722. The van der Waals surface area contributed by atoms with Crippen LogP contribution in [0, 0.1) is 0 Å². The fourth-order valence-electron chi connectivity index (χ4n) is 1.81. The minimum absolute atomic E-state index is 0.0704. The number of benzene rings is 1. The van der Waals surface area contributed by atoms with Crippen LogP contribution in [0.25, 0.3) is 11.5 Å². The molecule has 2 rings (SSSR count). The zero-order valence-corrected chi connectivity index (χ0v) is 14.8. The highest BCUT2D eigenvalue weighted by atomic mass is 35.5. The lowest BCUT2D eigenvalue weighted by Gasteiger charge is -2.12. The predicted octanol–water partition coefficient (Wildman–Crippen LogP) is 2.12. The smallest absolute Gasteiger partial charge is 0.277 e. The fourth-order valence-corrected chi connectivity index (χ4v) is 2.57. The van der Waals surface area contributed by atoms with Crippen molar-refractivity contribution in [3.8, 4) is 11.5 Å². The first kappa shape index (κ1) is 18.3. The van der Waals surface area contributed by atoms with Crippen LogP contribution < -0.4 is 10.6 Å². The molecular weight excluding hydrogens is 352 g/mol. The summed E-state index contributed by atoms with van der Waals surface area (Å²) in [7, 11) is 0. The highest BCUT2D eigenvalue weighted by molar-refractivity contribution is 7.99. The zero-order chi connectivity index (χ0) is 17.5. The summed E-state index contributed by atoms with van der Waals surface area (Å²) in [6.07, 6.45) is 0. The van der Waals surface area contributed by atoms with Crippen molar-refractivity contribution in [1.29, 1.82) is 0 Å². The van der Waals surface area contributed by atoms with Crippen LogP contribution in [0.3, 0.4) is 0 Å². The van der Waals surface area contributed by atoms with Crippen LogP contribution in [0.1, 0.15) is 13.8 Å². The van der Waals surface area contributed by atoms with Gasteiger partial charge in [0.1, 0.15) is 6.04 Å². The van der Waals surface area contributed by atoms with Gasteiger partial charge in [-0.25, -0.2) is 0 Å². The number of amides is 2. The Morgan fingerprint density at radius 3 is 2.88 bits per heavy atom. The summed E-state index contributed by atoms with van der Waals surface area (Å²) in [5.74, 6) is -0.116. The van der Waals surface area contributed by atoms with Crippen molar-refractivity contribution in [3.63, 3.8) is 0 Å². The second-order valence-corrected chi connectivity index (χ2v) is 6.22. The van der Waals surface area contributed by atoms with Gasteiger partial charge >= 0.3 is 0 Å². The zero-order valence-electron chi connectivity index (χ0n) is 13.2. The lowest BCUT2D eigenvalue weighted by molar-refractivity contribution is -0.127. The number of rotatable bonds is 7. The fraction of sp³-hybridized carbons (Fsp3) is 0.333. The maximum absolute atomic E-state index is 11.8. The van der Waals surface area contributed by atoms with E-state index in [1.54, 1.807) is 31.2 Å². The topological polar surface area (TPSA) is 97.1 Å². The molecule has 0 bridgehead atoms. The number of aromatic nitrogens is 2. The highest BCUT2D eigenvalue weighted by Gasteiger charge is 2.16.